The van der Waals surface area contributed by atoms with Gasteiger partial charge in [0.25, 0.3) is 5.91 Å². The molecule has 0 fully saturated rings. The van der Waals surface area contributed by atoms with Crippen LogP contribution >= 0.6 is 22.7 Å². The number of aromatic nitrogens is 4. The summed E-state index contributed by atoms with van der Waals surface area (Å²) in [6, 6.07) is 7.67. The van der Waals surface area contributed by atoms with Gasteiger partial charge in [-0.15, -0.1) is 22.7 Å². The van der Waals surface area contributed by atoms with Crippen LogP contribution in [-0.4, -0.2) is 37.3 Å². The molecule has 0 bridgehead atoms. The highest BCUT2D eigenvalue weighted by atomic mass is 32.1. The standard InChI is InChI=1S/C23H14F3N5OS2/c24-11-3-1-4-12(25)17(11)21-27-9-16(34-21)23(32)31-8-7-14-19(29-10-28-14)20(31)22-30-18-13(26)5-2-6-15(18)33-22/h1-6,9-10,20H,7-8H2,(H,28,29)/t20-/m0/s1. The molecule has 0 unspecified atom stereocenters. The second kappa shape index (κ2) is 8.03. The number of imidazole rings is 1. The summed E-state index contributed by atoms with van der Waals surface area (Å²) in [7, 11) is 0. The van der Waals surface area contributed by atoms with Crippen LogP contribution in [0.3, 0.4) is 0 Å². The number of nitrogens with one attached hydrogen (secondary N) is 1. The molecule has 170 valence electrons. The monoisotopic (exact) mass is 497 g/mol. The molecule has 0 saturated heterocycles. The van der Waals surface area contributed by atoms with E-state index in [1.165, 1.54) is 29.7 Å². The summed E-state index contributed by atoms with van der Waals surface area (Å²) in [6.07, 6.45) is 3.43. The molecule has 1 N–H and O–H groups in total. The molecule has 3 aromatic heterocycles. The average molecular weight is 498 g/mol. The quantitative estimate of drug-likeness (QED) is 0.365. The Bertz CT molecular complexity index is 1540. The Morgan fingerprint density at radius 2 is 1.79 bits per heavy atom. The summed E-state index contributed by atoms with van der Waals surface area (Å²) in [6.45, 7) is 0.360. The molecule has 6 nitrogen and oxygen atoms in total. The zero-order chi connectivity index (χ0) is 23.4. The summed E-state index contributed by atoms with van der Waals surface area (Å²) in [5.41, 5.74) is 1.50. The Hall–Kier alpha value is -3.57. The molecule has 5 aromatic rings. The first kappa shape index (κ1) is 21.0. The molecule has 11 heteroatoms. The van der Waals surface area contributed by atoms with Crippen LogP contribution in [0.25, 0.3) is 20.8 Å². The number of hydrogen-bond donors (Lipinski definition) is 1. The number of aromatic amines is 1. The van der Waals surface area contributed by atoms with Gasteiger partial charge in [0.2, 0.25) is 0 Å². The van der Waals surface area contributed by atoms with E-state index in [-0.39, 0.29) is 26.9 Å². The van der Waals surface area contributed by atoms with Gasteiger partial charge in [0.1, 0.15) is 43.9 Å². The molecule has 1 atom stereocenters. The van der Waals surface area contributed by atoms with Gasteiger partial charge in [-0.3, -0.25) is 4.79 Å². The summed E-state index contributed by atoms with van der Waals surface area (Å²) in [5, 5.41) is 0.612. The Morgan fingerprint density at radius 1 is 1.03 bits per heavy atom. The number of halogens is 3. The van der Waals surface area contributed by atoms with Crippen molar-refractivity contribution >= 4 is 38.8 Å². The van der Waals surface area contributed by atoms with Gasteiger partial charge in [-0.2, -0.15) is 0 Å². The maximum Gasteiger partial charge on any atom is 0.266 e. The van der Waals surface area contributed by atoms with Crippen LogP contribution in [-0.2, 0) is 6.42 Å². The molecular weight excluding hydrogens is 483 g/mol. The summed E-state index contributed by atoms with van der Waals surface area (Å²) < 4.78 is 43.5. The van der Waals surface area contributed by atoms with Crippen molar-refractivity contribution in [3.63, 3.8) is 0 Å². The number of benzene rings is 2. The van der Waals surface area contributed by atoms with Gasteiger partial charge < -0.3 is 9.88 Å². The zero-order valence-electron chi connectivity index (χ0n) is 17.3. The number of hydrogen-bond acceptors (Lipinski definition) is 6. The molecule has 0 saturated carbocycles. The first-order valence-corrected chi connectivity index (χ1v) is 11.9. The Labute approximate surface area is 198 Å². The second-order valence-electron chi connectivity index (χ2n) is 7.68. The van der Waals surface area contributed by atoms with Crippen LogP contribution in [0.15, 0.2) is 48.9 Å². The number of carbonyl (C=O) groups excluding carboxylic acids is 1. The van der Waals surface area contributed by atoms with E-state index < -0.39 is 23.5 Å². The van der Waals surface area contributed by atoms with Crippen LogP contribution < -0.4 is 0 Å². The van der Waals surface area contributed by atoms with Crippen LogP contribution in [0, 0.1) is 17.5 Å². The predicted octanol–water partition coefficient (Wildman–Crippen LogP) is 5.35. The summed E-state index contributed by atoms with van der Waals surface area (Å²) in [4.78, 5) is 31.6. The first-order valence-electron chi connectivity index (χ1n) is 10.3. The molecule has 0 aliphatic carbocycles. The highest BCUT2D eigenvalue weighted by Crippen LogP contribution is 2.39. The minimum atomic E-state index is -0.748. The highest BCUT2D eigenvalue weighted by Gasteiger charge is 2.37. The third kappa shape index (κ3) is 3.31. The first-order chi connectivity index (χ1) is 16.5. The lowest BCUT2D eigenvalue weighted by Crippen LogP contribution is -2.40. The van der Waals surface area contributed by atoms with Crippen molar-refractivity contribution in [3.8, 4) is 10.6 Å². The molecule has 0 spiro atoms. The van der Waals surface area contributed by atoms with Gasteiger partial charge in [0, 0.05) is 18.7 Å². The van der Waals surface area contributed by atoms with Gasteiger partial charge in [-0.25, -0.2) is 28.1 Å². The van der Waals surface area contributed by atoms with Crippen LogP contribution in [0.5, 0.6) is 0 Å². The number of nitrogens with zero attached hydrogens (tertiary/aromatic N) is 4. The molecule has 6 rings (SSSR count). The van der Waals surface area contributed by atoms with Crippen molar-refractivity contribution in [1.29, 1.82) is 0 Å². The third-order valence-electron chi connectivity index (χ3n) is 5.70. The molecule has 1 aliphatic rings. The van der Waals surface area contributed by atoms with Gasteiger partial charge in [0.05, 0.1) is 28.5 Å². The fraction of sp³-hybridized carbons (Fsp3) is 0.130. The molecule has 1 amide bonds. The largest absolute Gasteiger partial charge is 0.348 e. The number of amides is 1. The molecule has 0 radical (unpaired) electrons. The van der Waals surface area contributed by atoms with Gasteiger partial charge in [0.15, 0.2) is 0 Å². The second-order valence-corrected chi connectivity index (χ2v) is 9.78. The van der Waals surface area contributed by atoms with Gasteiger partial charge in [-0.1, -0.05) is 12.1 Å². The van der Waals surface area contributed by atoms with Gasteiger partial charge in [-0.05, 0) is 24.3 Å². The Morgan fingerprint density at radius 3 is 2.59 bits per heavy atom. The fourth-order valence-corrected chi connectivity index (χ4v) is 6.15. The molecular formula is C23H14F3N5OS2. The lowest BCUT2D eigenvalue weighted by molar-refractivity contribution is 0.0695. The van der Waals surface area contributed by atoms with Gasteiger partial charge >= 0.3 is 0 Å². The number of rotatable bonds is 3. The Kier molecular flexibility index (Phi) is 4.96. The zero-order valence-corrected chi connectivity index (χ0v) is 18.9. The van der Waals surface area contributed by atoms with E-state index in [1.807, 2.05) is 0 Å². The van der Waals surface area contributed by atoms with E-state index in [4.69, 9.17) is 0 Å². The smallest absolute Gasteiger partial charge is 0.266 e. The number of H-pyrrole nitrogens is 1. The normalized spacial score (nSPS) is 15.6. The van der Waals surface area contributed by atoms with Crippen molar-refractivity contribution in [1.82, 2.24) is 24.8 Å². The van der Waals surface area contributed by atoms with Crippen molar-refractivity contribution in [2.24, 2.45) is 0 Å². The molecule has 1 aliphatic heterocycles. The van der Waals surface area contributed by atoms with E-state index in [0.29, 0.717) is 28.4 Å². The minimum Gasteiger partial charge on any atom is -0.348 e. The third-order valence-corrected chi connectivity index (χ3v) is 7.78. The van der Waals surface area contributed by atoms with Crippen LogP contribution in [0.1, 0.15) is 32.1 Å². The van der Waals surface area contributed by atoms with Crippen molar-refractivity contribution in [2.45, 2.75) is 12.5 Å². The SMILES string of the molecule is O=C(c1cnc(-c2c(F)cccc2F)s1)N1CCc2[nH]cnc2[C@H]1c1nc2c(F)cccc2s1. The lowest BCUT2D eigenvalue weighted by atomic mass is 10.0. The summed E-state index contributed by atoms with van der Waals surface area (Å²) >= 11 is 2.21. The van der Waals surface area contributed by atoms with E-state index in [9.17, 15) is 18.0 Å². The van der Waals surface area contributed by atoms with E-state index in [0.717, 1.165) is 29.2 Å². The van der Waals surface area contributed by atoms with Crippen molar-refractivity contribution in [3.05, 3.63) is 87.6 Å². The van der Waals surface area contributed by atoms with Crippen molar-refractivity contribution in [2.75, 3.05) is 6.54 Å². The van der Waals surface area contributed by atoms with Crippen molar-refractivity contribution < 1.29 is 18.0 Å². The van der Waals surface area contributed by atoms with Crippen LogP contribution in [0.2, 0.25) is 0 Å². The van der Waals surface area contributed by atoms with Crippen LogP contribution in [0.4, 0.5) is 13.2 Å². The maximum absolute atomic E-state index is 14.3. The fourth-order valence-electron chi connectivity index (χ4n) is 4.13. The minimum absolute atomic E-state index is 0.0787. The predicted molar refractivity (Wildman–Crippen MR) is 122 cm³/mol. The Balaban J connectivity index is 1.41. The molecule has 4 heterocycles. The number of para-hydroxylation sites is 1. The number of carbonyl (C=O) groups is 1. The van der Waals surface area contributed by atoms with E-state index in [1.54, 1.807) is 23.4 Å². The topological polar surface area (TPSA) is 74.8 Å². The summed E-state index contributed by atoms with van der Waals surface area (Å²) in [5.74, 6) is -2.29. The average Bonchev–Trinajstić information content (AvgIpc) is 3.57. The maximum atomic E-state index is 14.3. The number of fused-ring (bicyclic) bond motifs is 2. The lowest BCUT2D eigenvalue weighted by Gasteiger charge is -2.33. The number of thiazole rings is 2. The van der Waals surface area contributed by atoms with E-state index >= 15 is 0 Å². The molecule has 2 aromatic carbocycles. The highest BCUT2D eigenvalue weighted by molar-refractivity contribution is 7.18. The van der Waals surface area contributed by atoms with E-state index in [2.05, 4.69) is 19.9 Å². The molecule has 34 heavy (non-hydrogen) atoms.